The minimum atomic E-state index is 0.184. The summed E-state index contributed by atoms with van der Waals surface area (Å²) in [6, 6.07) is 3.52. The van der Waals surface area contributed by atoms with Crippen molar-refractivity contribution in [3.05, 3.63) is 23.6 Å². The zero-order valence-corrected chi connectivity index (χ0v) is 7.66. The standard InChI is InChI=1S/C10H11NO2/c1-3-7-4-5-8(12)9-10(7)13-6(2)11-9/h4-5,12H,3H2,1-2H3. The lowest BCUT2D eigenvalue weighted by Crippen LogP contribution is -1.80. The number of oxazole rings is 1. The Morgan fingerprint density at radius 1 is 1.46 bits per heavy atom. The Morgan fingerprint density at radius 3 is 2.92 bits per heavy atom. The molecule has 0 unspecified atom stereocenters. The maximum absolute atomic E-state index is 9.48. The molecule has 0 saturated carbocycles. The lowest BCUT2D eigenvalue weighted by Gasteiger charge is -1.97. The zero-order valence-electron chi connectivity index (χ0n) is 7.66. The van der Waals surface area contributed by atoms with E-state index in [1.165, 1.54) is 0 Å². The highest BCUT2D eigenvalue weighted by atomic mass is 16.3. The van der Waals surface area contributed by atoms with Crippen LogP contribution in [0.2, 0.25) is 0 Å². The van der Waals surface area contributed by atoms with E-state index in [0.29, 0.717) is 17.0 Å². The van der Waals surface area contributed by atoms with Gasteiger partial charge in [-0.2, -0.15) is 0 Å². The molecule has 2 aromatic rings. The summed E-state index contributed by atoms with van der Waals surface area (Å²) in [5.74, 6) is 0.773. The summed E-state index contributed by atoms with van der Waals surface area (Å²) in [5, 5.41) is 9.48. The lowest BCUT2D eigenvalue weighted by atomic mass is 10.1. The van der Waals surface area contributed by atoms with Gasteiger partial charge in [-0.05, 0) is 18.1 Å². The van der Waals surface area contributed by atoms with E-state index in [1.54, 1.807) is 13.0 Å². The summed E-state index contributed by atoms with van der Waals surface area (Å²) in [6.45, 7) is 3.82. The number of hydrogen-bond donors (Lipinski definition) is 1. The summed E-state index contributed by atoms with van der Waals surface area (Å²) in [4.78, 5) is 4.10. The molecule has 0 bridgehead atoms. The predicted octanol–water partition coefficient (Wildman–Crippen LogP) is 2.40. The van der Waals surface area contributed by atoms with Crippen LogP contribution >= 0.6 is 0 Å². The molecule has 0 saturated heterocycles. The molecule has 0 amide bonds. The molecule has 2 rings (SSSR count). The first-order chi connectivity index (χ1) is 6.22. The molecule has 3 nitrogen and oxygen atoms in total. The Balaban J connectivity index is 2.83. The topological polar surface area (TPSA) is 46.3 Å². The molecule has 0 atom stereocenters. The van der Waals surface area contributed by atoms with Crippen LogP contribution in [0.1, 0.15) is 18.4 Å². The van der Waals surface area contributed by atoms with Gasteiger partial charge in [0.05, 0.1) is 0 Å². The van der Waals surface area contributed by atoms with Crippen LogP contribution in [-0.2, 0) is 6.42 Å². The van der Waals surface area contributed by atoms with Gasteiger partial charge in [0.2, 0.25) is 0 Å². The highest BCUT2D eigenvalue weighted by Crippen LogP contribution is 2.27. The highest BCUT2D eigenvalue weighted by Gasteiger charge is 2.10. The lowest BCUT2D eigenvalue weighted by molar-refractivity contribution is 0.480. The monoisotopic (exact) mass is 177 g/mol. The molecule has 13 heavy (non-hydrogen) atoms. The smallest absolute Gasteiger partial charge is 0.192 e. The quantitative estimate of drug-likeness (QED) is 0.727. The number of aromatic nitrogens is 1. The number of rotatable bonds is 1. The molecule has 0 aliphatic carbocycles. The van der Waals surface area contributed by atoms with Crippen molar-refractivity contribution in [2.75, 3.05) is 0 Å². The number of benzene rings is 1. The van der Waals surface area contributed by atoms with Gasteiger partial charge in [-0.15, -0.1) is 0 Å². The Morgan fingerprint density at radius 2 is 2.23 bits per heavy atom. The van der Waals surface area contributed by atoms with Crippen molar-refractivity contribution in [3.63, 3.8) is 0 Å². The van der Waals surface area contributed by atoms with Gasteiger partial charge in [-0.25, -0.2) is 4.98 Å². The molecule has 0 spiro atoms. The number of phenolic OH excluding ortho intramolecular Hbond substituents is 1. The van der Waals surface area contributed by atoms with Crippen LogP contribution in [-0.4, -0.2) is 10.1 Å². The number of phenols is 1. The average Bonchev–Trinajstić information content (AvgIpc) is 2.48. The van der Waals surface area contributed by atoms with E-state index in [2.05, 4.69) is 4.98 Å². The molecule has 0 fully saturated rings. The number of aryl methyl sites for hydroxylation is 2. The van der Waals surface area contributed by atoms with E-state index < -0.39 is 0 Å². The van der Waals surface area contributed by atoms with Crippen LogP contribution in [0.3, 0.4) is 0 Å². The van der Waals surface area contributed by atoms with Crippen LogP contribution in [0.25, 0.3) is 11.1 Å². The normalized spacial score (nSPS) is 10.9. The number of aromatic hydroxyl groups is 1. The summed E-state index contributed by atoms with van der Waals surface area (Å²) >= 11 is 0. The maximum atomic E-state index is 9.48. The largest absolute Gasteiger partial charge is 0.506 e. The van der Waals surface area contributed by atoms with Gasteiger partial charge in [0, 0.05) is 6.92 Å². The SMILES string of the molecule is CCc1ccc(O)c2nc(C)oc12. The summed E-state index contributed by atoms with van der Waals surface area (Å²) in [5.41, 5.74) is 2.35. The molecule has 1 N–H and O–H groups in total. The fraction of sp³-hybridized carbons (Fsp3) is 0.300. The van der Waals surface area contributed by atoms with Crippen molar-refractivity contribution >= 4 is 11.1 Å². The fourth-order valence-corrected chi connectivity index (χ4v) is 1.43. The van der Waals surface area contributed by atoms with Crippen molar-refractivity contribution in [2.45, 2.75) is 20.3 Å². The van der Waals surface area contributed by atoms with E-state index >= 15 is 0 Å². The van der Waals surface area contributed by atoms with E-state index in [0.717, 1.165) is 12.0 Å². The molecule has 68 valence electrons. The molecule has 0 aliphatic rings. The molecule has 3 heteroatoms. The van der Waals surface area contributed by atoms with Gasteiger partial charge in [-0.1, -0.05) is 13.0 Å². The molecule has 1 heterocycles. The van der Waals surface area contributed by atoms with Crippen LogP contribution in [0.4, 0.5) is 0 Å². The summed E-state index contributed by atoms with van der Waals surface area (Å²) in [7, 11) is 0. The average molecular weight is 177 g/mol. The first kappa shape index (κ1) is 8.10. The van der Waals surface area contributed by atoms with Gasteiger partial charge < -0.3 is 9.52 Å². The molecular formula is C10H11NO2. The van der Waals surface area contributed by atoms with Gasteiger partial charge >= 0.3 is 0 Å². The fourth-order valence-electron chi connectivity index (χ4n) is 1.43. The first-order valence-corrected chi connectivity index (χ1v) is 4.30. The van der Waals surface area contributed by atoms with Crippen LogP contribution in [0, 0.1) is 6.92 Å². The van der Waals surface area contributed by atoms with Crippen LogP contribution in [0.15, 0.2) is 16.5 Å². The molecule has 1 aromatic carbocycles. The van der Waals surface area contributed by atoms with Gasteiger partial charge in [0.15, 0.2) is 17.0 Å². The summed E-state index contributed by atoms with van der Waals surface area (Å²) < 4.78 is 5.40. The number of nitrogens with zero attached hydrogens (tertiary/aromatic N) is 1. The third-order valence-corrected chi connectivity index (χ3v) is 2.09. The van der Waals surface area contributed by atoms with E-state index in [1.807, 2.05) is 13.0 Å². The van der Waals surface area contributed by atoms with Gasteiger partial charge in [-0.3, -0.25) is 0 Å². The maximum Gasteiger partial charge on any atom is 0.192 e. The Kier molecular flexibility index (Phi) is 1.72. The minimum Gasteiger partial charge on any atom is -0.506 e. The first-order valence-electron chi connectivity index (χ1n) is 4.30. The molecule has 1 aromatic heterocycles. The third kappa shape index (κ3) is 1.16. The second-order valence-corrected chi connectivity index (χ2v) is 3.01. The minimum absolute atomic E-state index is 0.184. The predicted molar refractivity (Wildman–Crippen MR) is 49.8 cm³/mol. The molecule has 0 radical (unpaired) electrons. The van der Waals surface area contributed by atoms with E-state index in [-0.39, 0.29) is 5.75 Å². The Hall–Kier alpha value is -1.51. The van der Waals surface area contributed by atoms with E-state index in [4.69, 9.17) is 4.42 Å². The van der Waals surface area contributed by atoms with Crippen molar-refractivity contribution < 1.29 is 9.52 Å². The molecular weight excluding hydrogens is 166 g/mol. The van der Waals surface area contributed by atoms with Crippen molar-refractivity contribution in [3.8, 4) is 5.75 Å². The van der Waals surface area contributed by atoms with Crippen molar-refractivity contribution in [1.29, 1.82) is 0 Å². The summed E-state index contributed by atoms with van der Waals surface area (Å²) in [6.07, 6.45) is 0.880. The molecule has 0 aliphatic heterocycles. The number of fused-ring (bicyclic) bond motifs is 1. The Labute approximate surface area is 76.0 Å². The Bertz CT molecular complexity index is 445. The van der Waals surface area contributed by atoms with Gasteiger partial charge in [0.1, 0.15) is 5.75 Å². The second-order valence-electron chi connectivity index (χ2n) is 3.01. The zero-order chi connectivity index (χ0) is 9.42. The van der Waals surface area contributed by atoms with Crippen molar-refractivity contribution in [1.82, 2.24) is 4.98 Å². The van der Waals surface area contributed by atoms with Crippen LogP contribution in [0.5, 0.6) is 5.75 Å². The van der Waals surface area contributed by atoms with Crippen molar-refractivity contribution in [2.24, 2.45) is 0 Å². The van der Waals surface area contributed by atoms with E-state index in [9.17, 15) is 5.11 Å². The van der Waals surface area contributed by atoms with Gasteiger partial charge in [0.25, 0.3) is 0 Å². The number of hydrogen-bond acceptors (Lipinski definition) is 3. The second kappa shape index (κ2) is 2.76. The van der Waals surface area contributed by atoms with Crippen LogP contribution < -0.4 is 0 Å². The third-order valence-electron chi connectivity index (χ3n) is 2.09. The highest BCUT2D eigenvalue weighted by molar-refractivity contribution is 5.82.